The van der Waals surface area contributed by atoms with Crippen LogP contribution in [-0.2, 0) is 21.7 Å². The van der Waals surface area contributed by atoms with Crippen molar-refractivity contribution in [2.75, 3.05) is 13.2 Å². The highest BCUT2D eigenvalue weighted by atomic mass is 32.1. The Morgan fingerprint density at radius 2 is 0.684 bits per heavy atom. The second kappa shape index (κ2) is 19.1. The van der Waals surface area contributed by atoms with Gasteiger partial charge in [0.05, 0.1) is 56.4 Å². The topological polar surface area (TPSA) is 68.8 Å². The fourth-order valence-electron chi connectivity index (χ4n) is 10.0. The van der Waals surface area contributed by atoms with Gasteiger partial charge in [-0.2, -0.15) is 0 Å². The summed E-state index contributed by atoms with van der Waals surface area (Å²) in [7, 11) is 0. The van der Waals surface area contributed by atoms with Crippen molar-refractivity contribution in [3.05, 3.63) is 153 Å². The van der Waals surface area contributed by atoms with E-state index in [0.29, 0.717) is 34.0 Å². The van der Waals surface area contributed by atoms with E-state index in [-0.39, 0.29) is 69.0 Å². The number of unbranched alkanes of at least 4 members (excludes halogenated alkanes) is 1. The Hall–Kier alpha value is -6.76. The predicted molar refractivity (Wildman–Crippen MR) is 306 cm³/mol. The molecule has 394 valence electrons. The number of aromatic nitrogens is 2. The molecule has 0 atom stereocenters. The van der Waals surface area contributed by atoms with E-state index < -0.39 is 23.3 Å². The van der Waals surface area contributed by atoms with Gasteiger partial charge in [-0.05, 0) is 117 Å². The van der Waals surface area contributed by atoms with E-state index in [0.717, 1.165) is 67.9 Å². The van der Waals surface area contributed by atoms with Crippen LogP contribution in [0.3, 0.4) is 0 Å². The fourth-order valence-corrected chi connectivity index (χ4v) is 11.9. The Labute approximate surface area is 449 Å². The summed E-state index contributed by atoms with van der Waals surface area (Å²) in [5.41, 5.74) is 9.27. The minimum Gasteiger partial charge on any atom is -0.504 e. The van der Waals surface area contributed by atoms with Crippen LogP contribution in [-0.4, -0.2) is 32.6 Å². The van der Waals surface area contributed by atoms with E-state index in [4.69, 9.17) is 9.47 Å². The van der Waals surface area contributed by atoms with Crippen LogP contribution < -0.4 is 9.47 Å². The van der Waals surface area contributed by atoms with Crippen molar-refractivity contribution in [2.45, 2.75) is 118 Å². The van der Waals surface area contributed by atoms with Gasteiger partial charge in [-0.3, -0.25) is 0 Å². The van der Waals surface area contributed by atoms with Gasteiger partial charge in [-0.15, -0.1) is 22.7 Å². The molecule has 0 aliphatic rings. The summed E-state index contributed by atoms with van der Waals surface area (Å²) in [6.45, 7) is 26.3. The molecule has 10 rings (SSSR count). The van der Waals surface area contributed by atoms with E-state index in [9.17, 15) is 19.0 Å². The summed E-state index contributed by atoms with van der Waals surface area (Å²) in [5, 5.41) is 31.9. The lowest BCUT2D eigenvalue weighted by Crippen LogP contribution is -2.10. The maximum atomic E-state index is 15.1. The van der Waals surface area contributed by atoms with Crippen LogP contribution in [0.4, 0.5) is 17.6 Å². The number of hydrogen-bond acceptors (Lipinski definition) is 6. The summed E-state index contributed by atoms with van der Waals surface area (Å²) in [6.07, 6.45) is 0.757. The number of hydrogen-bond donors (Lipinski definition) is 2. The van der Waals surface area contributed by atoms with Crippen molar-refractivity contribution in [1.82, 2.24) is 9.13 Å². The zero-order valence-corrected chi connectivity index (χ0v) is 46.8. The summed E-state index contributed by atoms with van der Waals surface area (Å²) in [4.78, 5) is 0.626. The van der Waals surface area contributed by atoms with Gasteiger partial charge in [-0.25, -0.2) is 17.6 Å². The van der Waals surface area contributed by atoms with Crippen LogP contribution in [0.2, 0.25) is 0 Å². The molecule has 4 aromatic heterocycles. The first kappa shape index (κ1) is 52.7. The third kappa shape index (κ3) is 9.50. The lowest BCUT2D eigenvalue weighted by molar-refractivity contribution is 0.265. The SMILES string of the molecule is CC(C)(C)c1ccc2c(c1)c1cc(C(C)(C)C)ccc1n2-c1csc(-c2cc(F)c(F)cc2OCCCCOc2cc(F)c(F)cc2-c2scc(-n3c4ccc(C(C)(C)C)cc4c4cc(C(C)(C)C)ccc43)c2O)c1O. The molecule has 0 amide bonds. The zero-order chi connectivity index (χ0) is 54.6. The second-order valence-corrected chi connectivity index (χ2v) is 25.9. The molecule has 76 heavy (non-hydrogen) atoms. The Morgan fingerprint density at radius 1 is 0.408 bits per heavy atom. The summed E-state index contributed by atoms with van der Waals surface area (Å²) < 4.78 is 76.5. The van der Waals surface area contributed by atoms with Crippen LogP contribution in [0.1, 0.15) is 118 Å². The Bertz CT molecular complexity index is 3510. The molecule has 0 unspecified atom stereocenters. The molecular formula is C64H64F4N2O4S2. The molecule has 10 aromatic rings. The first-order chi connectivity index (χ1) is 35.7. The number of halogens is 4. The first-order valence-corrected chi connectivity index (χ1v) is 27.5. The minimum absolute atomic E-state index is 0.0507. The number of nitrogens with zero attached hydrogens (tertiary/aromatic N) is 2. The second-order valence-electron chi connectivity index (χ2n) is 24.1. The summed E-state index contributed by atoms with van der Waals surface area (Å²) in [5.74, 6) is -4.47. The first-order valence-electron chi connectivity index (χ1n) is 25.7. The molecule has 0 spiro atoms. The van der Waals surface area contributed by atoms with Crippen molar-refractivity contribution in [3.8, 4) is 55.3 Å². The van der Waals surface area contributed by atoms with Gasteiger partial charge in [0.25, 0.3) is 0 Å². The smallest absolute Gasteiger partial charge is 0.162 e. The maximum absolute atomic E-state index is 15.1. The number of rotatable bonds is 11. The number of ether oxygens (including phenoxy) is 2. The van der Waals surface area contributed by atoms with Crippen molar-refractivity contribution in [3.63, 3.8) is 0 Å². The highest BCUT2D eigenvalue weighted by Crippen LogP contribution is 2.50. The van der Waals surface area contributed by atoms with Crippen molar-refractivity contribution >= 4 is 66.3 Å². The molecule has 0 fully saturated rings. The third-order valence-corrected chi connectivity index (χ3v) is 16.5. The molecule has 0 aliphatic carbocycles. The molecule has 12 heteroatoms. The van der Waals surface area contributed by atoms with Crippen molar-refractivity contribution in [1.29, 1.82) is 0 Å². The standard InChI is InChI=1S/C64H64F4N2O4S2/c1-61(2,3)35-15-19-49-39(25-35)40-26-36(62(4,5)6)16-20-50(40)69(49)53-33-75-59(57(53)71)43-29-45(65)47(67)31-55(43)73-23-13-14-24-74-56-32-48(68)46(66)30-44(56)60-58(72)54(34-76-60)70-51-21-17-37(63(7,8)9)27-41(51)42-28-38(64(10,11)12)18-22-52(42)70/h15-22,25-34,71-72H,13-14,23-24H2,1-12H3. The van der Waals surface area contributed by atoms with Gasteiger partial charge in [0.2, 0.25) is 0 Å². The molecule has 2 N–H and O–H groups in total. The van der Waals surface area contributed by atoms with Crippen molar-refractivity contribution < 1.29 is 37.2 Å². The van der Waals surface area contributed by atoms with Gasteiger partial charge in [-0.1, -0.05) is 107 Å². The number of benzene rings is 6. The van der Waals surface area contributed by atoms with Crippen LogP contribution in [0.25, 0.3) is 75.9 Å². The molecule has 0 radical (unpaired) electrons. The lowest BCUT2D eigenvalue weighted by Gasteiger charge is -2.19. The maximum Gasteiger partial charge on any atom is 0.162 e. The van der Waals surface area contributed by atoms with Gasteiger partial charge >= 0.3 is 0 Å². The van der Waals surface area contributed by atoms with Gasteiger partial charge in [0, 0.05) is 55.6 Å². The quantitative estimate of drug-likeness (QED) is 0.100. The molecule has 0 bridgehead atoms. The normalized spacial score (nSPS) is 12.8. The third-order valence-electron chi connectivity index (χ3n) is 14.6. The van der Waals surface area contributed by atoms with Crippen molar-refractivity contribution in [2.24, 2.45) is 0 Å². The molecule has 6 aromatic carbocycles. The average Bonchev–Trinajstić information content (AvgIpc) is 4.09. The number of aromatic hydroxyl groups is 2. The van der Waals surface area contributed by atoms with Crippen LogP contribution in [0.5, 0.6) is 23.0 Å². The van der Waals surface area contributed by atoms with Crippen LogP contribution >= 0.6 is 22.7 Å². The number of thiophene rings is 2. The van der Waals surface area contributed by atoms with Crippen LogP contribution in [0.15, 0.2) is 108 Å². The van der Waals surface area contributed by atoms with Crippen LogP contribution in [0, 0.1) is 23.3 Å². The van der Waals surface area contributed by atoms with Gasteiger partial charge < -0.3 is 28.8 Å². The monoisotopic (exact) mass is 1060 g/mol. The summed E-state index contributed by atoms with van der Waals surface area (Å²) in [6, 6.07) is 29.7. The Morgan fingerprint density at radius 3 is 0.961 bits per heavy atom. The zero-order valence-electron chi connectivity index (χ0n) is 45.2. The highest BCUT2D eigenvalue weighted by Gasteiger charge is 2.28. The Kier molecular flexibility index (Phi) is 13.2. The minimum atomic E-state index is -1.10. The molecule has 0 saturated carbocycles. The van der Waals surface area contributed by atoms with Gasteiger partial charge in [0.1, 0.15) is 11.5 Å². The highest BCUT2D eigenvalue weighted by molar-refractivity contribution is 7.14. The van der Waals surface area contributed by atoms with Gasteiger partial charge in [0.15, 0.2) is 34.8 Å². The van der Waals surface area contributed by atoms with E-state index >= 15 is 8.78 Å². The molecule has 0 aliphatic heterocycles. The van der Waals surface area contributed by atoms with E-state index in [2.05, 4.69) is 156 Å². The molecule has 4 heterocycles. The molecule has 0 saturated heterocycles. The lowest BCUT2D eigenvalue weighted by atomic mass is 9.85. The predicted octanol–water partition coefficient (Wildman–Crippen LogP) is 18.7. The largest absolute Gasteiger partial charge is 0.504 e. The van der Waals surface area contributed by atoms with E-state index in [1.54, 1.807) is 0 Å². The summed E-state index contributed by atoms with van der Waals surface area (Å²) >= 11 is 2.41. The fraction of sp³-hybridized carbons (Fsp3) is 0.312. The number of fused-ring (bicyclic) bond motifs is 6. The van der Waals surface area contributed by atoms with E-state index in [1.807, 2.05) is 19.9 Å². The average molecular weight is 1070 g/mol. The molecule has 6 nitrogen and oxygen atoms in total. The Balaban J connectivity index is 0.896. The van der Waals surface area contributed by atoms with E-state index in [1.165, 1.54) is 44.9 Å². The molecular weight excluding hydrogens is 1000 g/mol.